The van der Waals surface area contributed by atoms with Crippen LogP contribution >= 0.6 is 15.9 Å². The Labute approximate surface area is 120 Å². The predicted molar refractivity (Wildman–Crippen MR) is 82.0 cm³/mol. The van der Waals surface area contributed by atoms with Crippen molar-refractivity contribution in [1.82, 2.24) is 4.57 Å². The monoisotopic (exact) mass is 309 g/mol. The van der Waals surface area contributed by atoms with Crippen LogP contribution in [0.25, 0.3) is 16.9 Å². The maximum Gasteiger partial charge on any atom is 0.0672 e. The van der Waals surface area contributed by atoms with Gasteiger partial charge < -0.3 is 4.57 Å². The van der Waals surface area contributed by atoms with Gasteiger partial charge in [-0.25, -0.2) is 0 Å². The first-order chi connectivity index (χ1) is 9.36. The van der Waals surface area contributed by atoms with E-state index in [-0.39, 0.29) is 0 Å². The summed E-state index contributed by atoms with van der Waals surface area (Å²) in [5, 5.41) is 0. The van der Waals surface area contributed by atoms with Crippen molar-refractivity contribution < 1.29 is 0 Å². The van der Waals surface area contributed by atoms with E-state index in [1.165, 1.54) is 28.1 Å². The van der Waals surface area contributed by atoms with Crippen molar-refractivity contribution in [2.45, 2.75) is 4.83 Å². The molecular weight excluding hydrogens is 298 g/mol. The Hall–Kier alpha value is -1.80. The number of hydrogen-bond acceptors (Lipinski definition) is 0. The van der Waals surface area contributed by atoms with Crippen LogP contribution in [0.3, 0.4) is 0 Å². The van der Waals surface area contributed by atoms with Crippen molar-refractivity contribution in [3.8, 4) is 16.9 Å². The van der Waals surface area contributed by atoms with Gasteiger partial charge >= 0.3 is 0 Å². The van der Waals surface area contributed by atoms with Gasteiger partial charge in [-0.2, -0.15) is 0 Å². The summed E-state index contributed by atoms with van der Waals surface area (Å²) in [6.45, 7) is 0. The van der Waals surface area contributed by atoms with E-state index in [9.17, 15) is 0 Å². The Kier molecular flexibility index (Phi) is 2.39. The van der Waals surface area contributed by atoms with Gasteiger partial charge in [-0.15, -0.1) is 0 Å². The fraction of sp³-hybridized carbons (Fsp3) is 0.0588. The Bertz CT molecular complexity index is 743. The fourth-order valence-electron chi connectivity index (χ4n) is 2.84. The Balaban J connectivity index is 2.00. The lowest BCUT2D eigenvalue weighted by molar-refractivity contribution is 1.09. The van der Waals surface area contributed by atoms with E-state index in [0.29, 0.717) is 4.83 Å². The van der Waals surface area contributed by atoms with Crippen LogP contribution in [0, 0.1) is 0 Å². The van der Waals surface area contributed by atoms with E-state index in [1.807, 2.05) is 0 Å². The van der Waals surface area contributed by atoms with Crippen LogP contribution in [-0.2, 0) is 0 Å². The third-order valence-corrected chi connectivity index (χ3v) is 4.70. The molecule has 0 amide bonds. The molecule has 0 bridgehead atoms. The van der Waals surface area contributed by atoms with Gasteiger partial charge in [0, 0.05) is 17.4 Å². The van der Waals surface area contributed by atoms with Crippen LogP contribution in [0.15, 0.2) is 66.9 Å². The molecule has 19 heavy (non-hydrogen) atoms. The summed E-state index contributed by atoms with van der Waals surface area (Å²) in [5.41, 5.74) is 6.56. The molecule has 0 radical (unpaired) electrons. The molecule has 0 saturated carbocycles. The summed E-state index contributed by atoms with van der Waals surface area (Å²) in [7, 11) is 0. The highest BCUT2D eigenvalue weighted by Gasteiger charge is 2.29. The quantitative estimate of drug-likeness (QED) is 0.561. The number of halogens is 1. The fourth-order valence-corrected chi connectivity index (χ4v) is 3.61. The second-order valence-corrected chi connectivity index (χ2v) is 5.69. The van der Waals surface area contributed by atoms with E-state index in [4.69, 9.17) is 0 Å². The van der Waals surface area contributed by atoms with Crippen molar-refractivity contribution in [3.63, 3.8) is 0 Å². The number of rotatable bonds is 1. The molecule has 4 rings (SSSR count). The number of para-hydroxylation sites is 1. The Morgan fingerprint density at radius 1 is 0.789 bits per heavy atom. The van der Waals surface area contributed by atoms with E-state index in [2.05, 4.69) is 87.4 Å². The molecule has 2 aromatic carbocycles. The first kappa shape index (κ1) is 11.1. The summed E-state index contributed by atoms with van der Waals surface area (Å²) in [5.74, 6) is 0. The smallest absolute Gasteiger partial charge is 0.0672 e. The maximum atomic E-state index is 3.81. The van der Waals surface area contributed by atoms with Crippen LogP contribution in [-0.4, -0.2) is 4.57 Å². The Morgan fingerprint density at radius 2 is 1.53 bits per heavy atom. The molecular formula is C17H12BrN. The molecule has 1 aliphatic carbocycles. The second-order valence-electron chi connectivity index (χ2n) is 4.78. The number of aromatic nitrogens is 1. The first-order valence-corrected chi connectivity index (χ1v) is 7.28. The number of hydrogen-bond donors (Lipinski definition) is 0. The van der Waals surface area contributed by atoms with E-state index in [0.717, 1.165) is 0 Å². The van der Waals surface area contributed by atoms with Crippen molar-refractivity contribution in [2.24, 2.45) is 0 Å². The molecule has 0 spiro atoms. The van der Waals surface area contributed by atoms with Gasteiger partial charge in [0.1, 0.15) is 0 Å². The van der Waals surface area contributed by atoms with Gasteiger partial charge in [0.05, 0.1) is 10.5 Å². The molecule has 1 aromatic heterocycles. The summed E-state index contributed by atoms with van der Waals surface area (Å²) in [4.78, 5) is 0.309. The number of fused-ring (bicyclic) bond motifs is 3. The third-order valence-electron chi connectivity index (χ3n) is 3.71. The average Bonchev–Trinajstić information content (AvgIpc) is 3.02. The Morgan fingerprint density at radius 3 is 2.37 bits per heavy atom. The molecule has 1 heterocycles. The molecule has 1 atom stereocenters. The normalized spacial score (nSPS) is 16.2. The number of nitrogens with zero attached hydrogens (tertiary/aromatic N) is 1. The zero-order chi connectivity index (χ0) is 12.8. The van der Waals surface area contributed by atoms with Crippen LogP contribution in [0.1, 0.15) is 16.0 Å². The first-order valence-electron chi connectivity index (χ1n) is 6.36. The lowest BCUT2D eigenvalue weighted by Crippen LogP contribution is -1.94. The molecule has 3 aromatic rings. The van der Waals surface area contributed by atoms with Gasteiger partial charge in [0.2, 0.25) is 0 Å². The van der Waals surface area contributed by atoms with Gasteiger partial charge in [-0.3, -0.25) is 0 Å². The van der Waals surface area contributed by atoms with Gasteiger partial charge in [-0.1, -0.05) is 58.4 Å². The lowest BCUT2D eigenvalue weighted by atomic mass is 10.1. The molecule has 2 heteroatoms. The van der Waals surface area contributed by atoms with Gasteiger partial charge in [-0.05, 0) is 29.3 Å². The van der Waals surface area contributed by atoms with Crippen molar-refractivity contribution in [2.75, 3.05) is 0 Å². The molecule has 1 aliphatic rings. The summed E-state index contributed by atoms with van der Waals surface area (Å²) < 4.78 is 2.27. The molecule has 0 fully saturated rings. The van der Waals surface area contributed by atoms with Crippen LogP contribution in [0.2, 0.25) is 0 Å². The van der Waals surface area contributed by atoms with Crippen molar-refractivity contribution in [1.29, 1.82) is 0 Å². The largest absolute Gasteiger partial charge is 0.316 e. The maximum absolute atomic E-state index is 3.81. The standard InChI is InChI=1S/C17H12BrN/c18-16-13-8-4-5-9-14(13)17-15(16)10-11-19(17)12-6-2-1-3-7-12/h1-11,16H. The highest BCUT2D eigenvalue weighted by Crippen LogP contribution is 2.48. The topological polar surface area (TPSA) is 4.93 Å². The van der Waals surface area contributed by atoms with Crippen molar-refractivity contribution >= 4 is 15.9 Å². The lowest BCUT2D eigenvalue weighted by Gasteiger charge is -2.08. The van der Waals surface area contributed by atoms with Gasteiger partial charge in [0.25, 0.3) is 0 Å². The molecule has 92 valence electrons. The van der Waals surface area contributed by atoms with E-state index in [1.54, 1.807) is 0 Å². The molecule has 0 N–H and O–H groups in total. The minimum atomic E-state index is 0.309. The molecule has 0 saturated heterocycles. The zero-order valence-corrected chi connectivity index (χ0v) is 11.8. The van der Waals surface area contributed by atoms with Crippen LogP contribution < -0.4 is 0 Å². The number of alkyl halides is 1. The molecule has 0 aliphatic heterocycles. The minimum absolute atomic E-state index is 0.309. The third kappa shape index (κ3) is 1.53. The highest BCUT2D eigenvalue weighted by atomic mass is 79.9. The van der Waals surface area contributed by atoms with E-state index >= 15 is 0 Å². The van der Waals surface area contributed by atoms with Crippen molar-refractivity contribution in [3.05, 3.63) is 78.0 Å². The predicted octanol–water partition coefficient (Wildman–Crippen LogP) is 4.94. The molecule has 1 unspecified atom stereocenters. The average molecular weight is 310 g/mol. The van der Waals surface area contributed by atoms with Crippen LogP contribution in [0.5, 0.6) is 0 Å². The van der Waals surface area contributed by atoms with Crippen LogP contribution in [0.4, 0.5) is 0 Å². The molecule has 1 nitrogen and oxygen atoms in total. The number of benzene rings is 2. The highest BCUT2D eigenvalue weighted by molar-refractivity contribution is 9.09. The summed E-state index contributed by atoms with van der Waals surface area (Å²) in [6.07, 6.45) is 2.16. The summed E-state index contributed by atoms with van der Waals surface area (Å²) >= 11 is 3.81. The van der Waals surface area contributed by atoms with E-state index < -0.39 is 0 Å². The zero-order valence-electron chi connectivity index (χ0n) is 10.3. The minimum Gasteiger partial charge on any atom is -0.316 e. The summed E-state index contributed by atoms with van der Waals surface area (Å²) in [6, 6.07) is 21.3. The second kappa shape index (κ2) is 4.10. The van der Waals surface area contributed by atoms with Gasteiger partial charge in [0.15, 0.2) is 0 Å². The SMILES string of the molecule is BrC1c2ccccc2-c2c1ccn2-c1ccccc1.